The number of amides is 4. The minimum atomic E-state index is -0.905. The Labute approximate surface area is 369 Å². The molecule has 62 heavy (non-hydrogen) atoms. The maximum absolute atomic E-state index is 13.6. The van der Waals surface area contributed by atoms with Crippen LogP contribution < -0.4 is 26.0 Å². The van der Waals surface area contributed by atoms with E-state index in [0.29, 0.717) is 40.6 Å². The van der Waals surface area contributed by atoms with E-state index in [1.54, 1.807) is 68.4 Å². The fraction of sp³-hybridized carbons (Fsp3) is 0.489. The van der Waals surface area contributed by atoms with E-state index in [2.05, 4.69) is 61.1 Å². The van der Waals surface area contributed by atoms with Gasteiger partial charge in [-0.2, -0.15) is 10.5 Å². The normalized spacial score (nSPS) is 20.2. The molecule has 2 aliphatic rings. The first-order valence-corrected chi connectivity index (χ1v) is 21.5. The molecule has 330 valence electrons. The number of carbonyl (C=O) groups is 4. The molecular weight excluding hydrogens is 810 g/mol. The molecule has 4 amide bonds. The van der Waals surface area contributed by atoms with E-state index in [9.17, 15) is 29.5 Å². The Morgan fingerprint density at radius 1 is 0.935 bits per heavy atom. The maximum Gasteiger partial charge on any atom is 0.251 e. The molecular formula is C47H58ClN7O7. The largest absolute Gasteiger partial charge is 0.489 e. The van der Waals surface area contributed by atoms with Gasteiger partial charge in [0, 0.05) is 66.9 Å². The van der Waals surface area contributed by atoms with Crippen molar-refractivity contribution in [2.75, 3.05) is 31.6 Å². The number of nitrogens with zero attached hydrogens (tertiary/aromatic N) is 3. The number of hydrogen-bond acceptors (Lipinski definition) is 10. The molecule has 0 radical (unpaired) electrons. The van der Waals surface area contributed by atoms with E-state index in [4.69, 9.17) is 26.3 Å². The lowest BCUT2D eigenvalue weighted by molar-refractivity contribution is -0.164. The van der Waals surface area contributed by atoms with Gasteiger partial charge in [0.2, 0.25) is 17.7 Å². The van der Waals surface area contributed by atoms with Gasteiger partial charge in [-0.1, -0.05) is 65.3 Å². The molecule has 5 N–H and O–H groups in total. The first-order valence-electron chi connectivity index (χ1n) is 21.1. The topological polar surface area (TPSA) is 206 Å². The molecule has 3 aromatic carbocycles. The molecule has 5 rings (SSSR count). The van der Waals surface area contributed by atoms with Crippen molar-refractivity contribution in [3.8, 4) is 17.9 Å². The van der Waals surface area contributed by atoms with Crippen molar-refractivity contribution in [1.82, 2.24) is 20.9 Å². The van der Waals surface area contributed by atoms with Crippen molar-refractivity contribution in [3.63, 3.8) is 0 Å². The zero-order chi connectivity index (χ0) is 45.2. The van der Waals surface area contributed by atoms with Gasteiger partial charge in [-0.25, -0.2) is 0 Å². The molecule has 1 aliphatic heterocycles. The molecule has 0 spiro atoms. The zero-order valence-corrected chi connectivity index (χ0v) is 37.1. The van der Waals surface area contributed by atoms with E-state index in [-0.39, 0.29) is 60.9 Å². The molecule has 1 unspecified atom stereocenters. The van der Waals surface area contributed by atoms with Crippen LogP contribution in [-0.4, -0.2) is 90.3 Å². The second-order valence-corrected chi connectivity index (χ2v) is 18.0. The number of carbonyl (C=O) groups excluding carboxylic acids is 4. The molecule has 1 saturated carbocycles. The van der Waals surface area contributed by atoms with Crippen LogP contribution in [0.1, 0.15) is 94.3 Å². The van der Waals surface area contributed by atoms with E-state index >= 15 is 0 Å². The van der Waals surface area contributed by atoms with Gasteiger partial charge in [0.05, 0.1) is 28.3 Å². The minimum Gasteiger partial charge on any atom is -0.489 e. The fourth-order valence-corrected chi connectivity index (χ4v) is 8.88. The summed E-state index contributed by atoms with van der Waals surface area (Å²) in [6, 6.07) is 21.3. The van der Waals surface area contributed by atoms with Crippen molar-refractivity contribution in [3.05, 3.63) is 94.0 Å². The highest BCUT2D eigenvalue weighted by atomic mass is 35.5. The summed E-state index contributed by atoms with van der Waals surface area (Å²) in [5.74, 6) is -1.16. The number of unbranched alkanes of at least 4 members (excludes halogenated alkanes) is 2. The minimum absolute atomic E-state index is 0.0172. The predicted molar refractivity (Wildman–Crippen MR) is 235 cm³/mol. The van der Waals surface area contributed by atoms with Crippen LogP contribution in [0, 0.1) is 39.4 Å². The summed E-state index contributed by atoms with van der Waals surface area (Å²) in [6.45, 7) is 12.9. The number of aliphatic hydroxyl groups excluding tert-OH is 1. The average Bonchev–Trinajstić information content (AvgIpc) is 3.65. The second kappa shape index (κ2) is 20.9. The van der Waals surface area contributed by atoms with Crippen LogP contribution in [0.4, 0.5) is 5.69 Å². The van der Waals surface area contributed by atoms with E-state index < -0.39 is 35.9 Å². The van der Waals surface area contributed by atoms with Crippen molar-refractivity contribution >= 4 is 40.9 Å². The van der Waals surface area contributed by atoms with Crippen molar-refractivity contribution in [2.24, 2.45) is 16.7 Å². The lowest BCUT2D eigenvalue weighted by Gasteiger charge is -2.63. The summed E-state index contributed by atoms with van der Waals surface area (Å²) < 4.78 is 12.0. The van der Waals surface area contributed by atoms with Gasteiger partial charge in [0.25, 0.3) is 5.91 Å². The lowest BCUT2D eigenvalue weighted by atomic mass is 9.49. The van der Waals surface area contributed by atoms with Crippen LogP contribution in [0.15, 0.2) is 66.7 Å². The number of β-amino-alcohol motifs (C(OH)–C–C–N with tert-alkyl or cyclic N) is 1. The number of likely N-dealkylation sites (tertiary alicyclic amines) is 1. The Morgan fingerprint density at radius 3 is 2.26 bits per heavy atom. The lowest BCUT2D eigenvalue weighted by Crippen LogP contribution is -2.74. The van der Waals surface area contributed by atoms with Crippen LogP contribution in [0.25, 0.3) is 0 Å². The van der Waals surface area contributed by atoms with Gasteiger partial charge in [-0.15, -0.1) is 0 Å². The van der Waals surface area contributed by atoms with Gasteiger partial charge in [0.15, 0.2) is 0 Å². The van der Waals surface area contributed by atoms with Crippen LogP contribution in [-0.2, 0) is 25.7 Å². The Kier molecular flexibility index (Phi) is 16.0. The summed E-state index contributed by atoms with van der Waals surface area (Å²) in [7, 11) is 0. The summed E-state index contributed by atoms with van der Waals surface area (Å²) in [4.78, 5) is 54.3. The summed E-state index contributed by atoms with van der Waals surface area (Å²) >= 11 is 6.23. The van der Waals surface area contributed by atoms with Crippen LogP contribution in [0.2, 0.25) is 5.02 Å². The average molecular weight is 868 g/mol. The smallest absolute Gasteiger partial charge is 0.251 e. The fourth-order valence-electron chi connectivity index (χ4n) is 8.67. The van der Waals surface area contributed by atoms with Gasteiger partial charge >= 0.3 is 0 Å². The summed E-state index contributed by atoms with van der Waals surface area (Å²) in [5.41, 5.74) is 2.37. The van der Waals surface area contributed by atoms with Crippen LogP contribution in [0.3, 0.4) is 0 Å². The predicted octanol–water partition coefficient (Wildman–Crippen LogP) is 5.71. The number of nitrogens with one attached hydrogen (secondary N) is 4. The van der Waals surface area contributed by atoms with Crippen LogP contribution >= 0.6 is 11.6 Å². The molecule has 15 heteroatoms. The summed E-state index contributed by atoms with van der Waals surface area (Å²) in [5, 5.41) is 41.1. The molecule has 0 bridgehead atoms. The van der Waals surface area contributed by atoms with Crippen molar-refractivity contribution in [2.45, 2.75) is 104 Å². The number of aliphatic hydroxyl groups is 1. The molecule has 0 aromatic heterocycles. The standard InChI is InChI=1S/C47H58ClN7O7/c1-29(2)40(43(60)55-27-35(56)22-38(55)42(59)52-26-31-12-10-30(24-49)11-13-31)53-39(57)28-61-21-9-7-8-20-51-34-17-14-32(15-18-34)41(58)54-44-46(3,4)45(47(44,5)6)62-36-19-16-33(25-50)37(48)23-36/h10-19,23,29,35,38,40,44-45,51,56H,7-9,20-22,26-28H2,1-6H3,(H,52,59)(H,53,57)(H,54,58)/t35-,38+,40?,44?,45?/m1/s1. The first-order chi connectivity index (χ1) is 29.5. The Hall–Kier alpha value is -5.67. The highest BCUT2D eigenvalue weighted by Crippen LogP contribution is 2.55. The van der Waals surface area contributed by atoms with E-state index in [1.807, 2.05) is 12.1 Å². The third-order valence-corrected chi connectivity index (χ3v) is 12.1. The van der Waals surface area contributed by atoms with E-state index in [1.165, 1.54) is 4.90 Å². The summed E-state index contributed by atoms with van der Waals surface area (Å²) in [6.07, 6.45) is 1.45. The van der Waals surface area contributed by atoms with Gasteiger partial charge in [-0.05, 0) is 79.3 Å². The maximum atomic E-state index is 13.6. The monoisotopic (exact) mass is 867 g/mol. The van der Waals surface area contributed by atoms with Crippen molar-refractivity contribution in [1.29, 1.82) is 10.5 Å². The number of anilines is 1. The number of ether oxygens (including phenoxy) is 2. The molecule has 1 heterocycles. The number of nitriles is 2. The van der Waals surface area contributed by atoms with E-state index in [0.717, 1.165) is 30.5 Å². The Balaban J connectivity index is 0.976. The number of rotatable bonds is 19. The zero-order valence-electron chi connectivity index (χ0n) is 36.3. The quantitative estimate of drug-likeness (QED) is 0.0928. The molecule has 3 atom stereocenters. The molecule has 2 fully saturated rings. The highest BCUT2D eigenvalue weighted by Gasteiger charge is 2.64. The SMILES string of the molecule is CC(C)C(NC(=O)COCCCCCNc1ccc(C(=O)NC2C(C)(C)C(Oc3ccc(C#N)c(Cl)c3)C2(C)C)cc1)C(=O)N1C[C@H](O)C[C@H]1C(=O)NCc1ccc(C#N)cc1. The number of halogens is 1. The van der Waals surface area contributed by atoms with Crippen LogP contribution in [0.5, 0.6) is 5.75 Å². The van der Waals surface area contributed by atoms with Gasteiger partial charge in [0.1, 0.15) is 36.6 Å². The highest BCUT2D eigenvalue weighted by molar-refractivity contribution is 6.31. The number of benzene rings is 3. The molecule has 1 aliphatic carbocycles. The second-order valence-electron chi connectivity index (χ2n) is 17.6. The first kappa shape index (κ1) is 47.4. The van der Waals surface area contributed by atoms with Crippen molar-refractivity contribution < 1.29 is 33.8 Å². The third kappa shape index (κ3) is 11.6. The Bertz CT molecular complexity index is 2130. The van der Waals surface area contributed by atoms with Gasteiger partial charge in [-0.3, -0.25) is 19.2 Å². The molecule has 1 saturated heterocycles. The molecule has 3 aromatic rings. The Morgan fingerprint density at radius 2 is 1.63 bits per heavy atom. The third-order valence-electron chi connectivity index (χ3n) is 11.8. The molecule has 14 nitrogen and oxygen atoms in total. The number of hydrogen-bond donors (Lipinski definition) is 5. The van der Waals surface area contributed by atoms with Gasteiger partial charge < -0.3 is 40.7 Å².